The molecular weight excluding hydrogens is 244 g/mol. The summed E-state index contributed by atoms with van der Waals surface area (Å²) in [5, 5.41) is 11.7. The molecule has 3 heterocycles. The summed E-state index contributed by atoms with van der Waals surface area (Å²) in [6, 6.07) is 1.94. The van der Waals surface area contributed by atoms with E-state index in [1.54, 1.807) is 6.20 Å². The first-order valence-corrected chi connectivity index (χ1v) is 5.94. The molecule has 1 aromatic rings. The van der Waals surface area contributed by atoms with Crippen molar-refractivity contribution >= 4 is 15.9 Å². The molecule has 2 unspecified atom stereocenters. The van der Waals surface area contributed by atoms with E-state index in [9.17, 15) is 0 Å². The number of piperidine rings is 1. The Bertz CT molecular complexity index is 325. The maximum atomic E-state index is 4.13. The molecule has 2 bridgehead atoms. The van der Waals surface area contributed by atoms with Crippen LogP contribution in [0.5, 0.6) is 0 Å². The first kappa shape index (κ1) is 8.85. The van der Waals surface area contributed by atoms with Gasteiger partial charge in [-0.25, -0.2) is 4.68 Å². The number of nitrogens with one attached hydrogen (secondary N) is 1. The fraction of sp³-hybridized carbons (Fsp3) is 0.778. The second-order valence-corrected chi connectivity index (χ2v) is 5.08. The van der Waals surface area contributed by atoms with Crippen molar-refractivity contribution in [1.82, 2.24) is 20.3 Å². The minimum Gasteiger partial charge on any atom is -0.311 e. The Morgan fingerprint density at radius 2 is 2.07 bits per heavy atom. The van der Waals surface area contributed by atoms with Crippen LogP contribution in [-0.2, 0) is 0 Å². The standard InChI is InChI=1S/C9H13BrN4/c10-9-5-11-13-14(9)8-3-6-1-2-7(4-8)12-6/h5-8,12H,1-4H2. The van der Waals surface area contributed by atoms with Crippen LogP contribution in [0.3, 0.4) is 0 Å². The first-order valence-electron chi connectivity index (χ1n) is 5.14. The van der Waals surface area contributed by atoms with E-state index in [0.717, 1.165) is 4.60 Å². The van der Waals surface area contributed by atoms with Crippen LogP contribution in [0.2, 0.25) is 0 Å². The second-order valence-electron chi connectivity index (χ2n) is 4.26. The molecule has 0 spiro atoms. The van der Waals surface area contributed by atoms with Crippen LogP contribution in [0.4, 0.5) is 0 Å². The minimum atomic E-state index is 0.533. The van der Waals surface area contributed by atoms with Gasteiger partial charge in [-0.2, -0.15) is 0 Å². The summed E-state index contributed by atoms with van der Waals surface area (Å²) in [6.07, 6.45) is 6.81. The van der Waals surface area contributed by atoms with Gasteiger partial charge in [0.25, 0.3) is 0 Å². The van der Waals surface area contributed by atoms with Gasteiger partial charge in [-0.15, -0.1) is 5.10 Å². The average molecular weight is 257 g/mol. The van der Waals surface area contributed by atoms with Crippen LogP contribution < -0.4 is 5.32 Å². The molecule has 2 fully saturated rings. The van der Waals surface area contributed by atoms with Gasteiger partial charge >= 0.3 is 0 Å². The van der Waals surface area contributed by atoms with E-state index < -0.39 is 0 Å². The fourth-order valence-corrected chi connectivity index (χ4v) is 3.16. The monoisotopic (exact) mass is 256 g/mol. The smallest absolute Gasteiger partial charge is 0.124 e. The van der Waals surface area contributed by atoms with Crippen LogP contribution in [-0.4, -0.2) is 27.1 Å². The maximum Gasteiger partial charge on any atom is 0.124 e. The highest BCUT2D eigenvalue weighted by Gasteiger charge is 2.35. The van der Waals surface area contributed by atoms with Crippen LogP contribution in [0.1, 0.15) is 31.7 Å². The molecule has 4 nitrogen and oxygen atoms in total. The molecule has 3 rings (SSSR count). The van der Waals surface area contributed by atoms with Gasteiger partial charge in [0.15, 0.2) is 0 Å². The molecule has 0 aliphatic carbocycles. The van der Waals surface area contributed by atoms with Crippen LogP contribution in [0, 0.1) is 0 Å². The summed E-state index contributed by atoms with van der Waals surface area (Å²) >= 11 is 3.48. The Labute approximate surface area is 91.2 Å². The van der Waals surface area contributed by atoms with Crippen LogP contribution >= 0.6 is 15.9 Å². The summed E-state index contributed by atoms with van der Waals surface area (Å²) < 4.78 is 3.02. The Hall–Kier alpha value is -0.420. The lowest BCUT2D eigenvalue weighted by atomic mass is 10.0. The average Bonchev–Trinajstić information content (AvgIpc) is 2.73. The largest absolute Gasteiger partial charge is 0.311 e. The lowest BCUT2D eigenvalue weighted by Crippen LogP contribution is -2.39. The van der Waals surface area contributed by atoms with Crippen molar-refractivity contribution in [3.63, 3.8) is 0 Å². The van der Waals surface area contributed by atoms with Gasteiger partial charge in [-0.05, 0) is 41.6 Å². The summed E-state index contributed by atoms with van der Waals surface area (Å²) in [4.78, 5) is 0. The molecule has 2 aliphatic rings. The molecule has 2 atom stereocenters. The molecular formula is C9H13BrN4. The summed E-state index contributed by atoms with van der Waals surface area (Å²) in [7, 11) is 0. The quantitative estimate of drug-likeness (QED) is 0.829. The van der Waals surface area contributed by atoms with Gasteiger partial charge in [0.05, 0.1) is 12.2 Å². The van der Waals surface area contributed by atoms with Gasteiger partial charge in [-0.3, -0.25) is 0 Å². The molecule has 76 valence electrons. The van der Waals surface area contributed by atoms with Crippen LogP contribution in [0.25, 0.3) is 0 Å². The molecule has 14 heavy (non-hydrogen) atoms. The predicted octanol–water partition coefficient (Wildman–Crippen LogP) is 1.50. The molecule has 0 amide bonds. The number of aromatic nitrogens is 3. The molecule has 0 saturated carbocycles. The van der Waals surface area contributed by atoms with Crippen molar-refractivity contribution in [2.75, 3.05) is 0 Å². The minimum absolute atomic E-state index is 0.533. The summed E-state index contributed by atoms with van der Waals surface area (Å²) in [5.41, 5.74) is 0. The molecule has 1 aromatic heterocycles. The molecule has 2 saturated heterocycles. The van der Waals surface area contributed by atoms with E-state index in [1.165, 1.54) is 25.7 Å². The Morgan fingerprint density at radius 1 is 1.36 bits per heavy atom. The number of halogens is 1. The number of fused-ring (bicyclic) bond motifs is 2. The van der Waals surface area contributed by atoms with E-state index >= 15 is 0 Å². The van der Waals surface area contributed by atoms with Gasteiger partial charge < -0.3 is 5.32 Å². The highest BCUT2D eigenvalue weighted by molar-refractivity contribution is 9.10. The predicted molar refractivity (Wildman–Crippen MR) is 55.9 cm³/mol. The van der Waals surface area contributed by atoms with Gasteiger partial charge in [0, 0.05) is 12.1 Å². The molecule has 1 N–H and O–H groups in total. The summed E-state index contributed by atoms with van der Waals surface area (Å²) in [6.45, 7) is 0. The number of hydrogen-bond donors (Lipinski definition) is 1. The van der Waals surface area contributed by atoms with Crippen molar-refractivity contribution in [2.45, 2.75) is 43.8 Å². The molecule has 0 aromatic carbocycles. The van der Waals surface area contributed by atoms with E-state index in [-0.39, 0.29) is 0 Å². The zero-order chi connectivity index (χ0) is 9.54. The Balaban J connectivity index is 1.84. The molecule has 0 radical (unpaired) electrons. The van der Waals surface area contributed by atoms with E-state index in [1.807, 2.05) is 4.68 Å². The third-order valence-corrected chi connectivity index (χ3v) is 3.89. The van der Waals surface area contributed by atoms with Gasteiger partial charge in [0.2, 0.25) is 0 Å². The van der Waals surface area contributed by atoms with Crippen molar-refractivity contribution < 1.29 is 0 Å². The zero-order valence-corrected chi connectivity index (χ0v) is 9.44. The second kappa shape index (κ2) is 3.31. The van der Waals surface area contributed by atoms with Crippen molar-refractivity contribution in [3.05, 3.63) is 10.8 Å². The van der Waals surface area contributed by atoms with E-state index in [0.29, 0.717) is 18.1 Å². The van der Waals surface area contributed by atoms with Crippen molar-refractivity contribution in [1.29, 1.82) is 0 Å². The first-order chi connectivity index (χ1) is 6.83. The third-order valence-electron chi connectivity index (χ3n) is 3.33. The van der Waals surface area contributed by atoms with E-state index in [4.69, 9.17) is 0 Å². The lowest BCUT2D eigenvalue weighted by Gasteiger charge is -2.29. The highest BCUT2D eigenvalue weighted by Crippen LogP contribution is 2.34. The topological polar surface area (TPSA) is 42.7 Å². The van der Waals surface area contributed by atoms with Crippen LogP contribution in [0.15, 0.2) is 10.8 Å². The SMILES string of the molecule is Brc1cnnn1C1CC2CCC(C1)N2. The Kier molecular flexibility index (Phi) is 2.09. The summed E-state index contributed by atoms with van der Waals surface area (Å²) in [5.74, 6) is 0. The van der Waals surface area contributed by atoms with Crippen molar-refractivity contribution in [2.24, 2.45) is 0 Å². The normalized spacial score (nSPS) is 36.2. The number of hydrogen-bond acceptors (Lipinski definition) is 3. The lowest BCUT2D eigenvalue weighted by molar-refractivity contribution is 0.275. The fourth-order valence-electron chi connectivity index (χ4n) is 2.71. The van der Waals surface area contributed by atoms with E-state index in [2.05, 4.69) is 31.6 Å². The number of rotatable bonds is 1. The number of nitrogens with zero attached hydrogens (tertiary/aromatic N) is 3. The third kappa shape index (κ3) is 1.39. The molecule has 2 aliphatic heterocycles. The highest BCUT2D eigenvalue weighted by atomic mass is 79.9. The maximum absolute atomic E-state index is 4.13. The zero-order valence-electron chi connectivity index (χ0n) is 7.86. The molecule has 5 heteroatoms. The van der Waals surface area contributed by atoms with Gasteiger partial charge in [-0.1, -0.05) is 5.21 Å². The Morgan fingerprint density at radius 3 is 2.64 bits per heavy atom. The van der Waals surface area contributed by atoms with Crippen molar-refractivity contribution in [3.8, 4) is 0 Å². The van der Waals surface area contributed by atoms with Gasteiger partial charge in [0.1, 0.15) is 4.60 Å².